The normalized spacial score (nSPS) is 18.6. The van der Waals surface area contributed by atoms with Crippen molar-refractivity contribution in [3.05, 3.63) is 21.9 Å². The van der Waals surface area contributed by atoms with Crippen molar-refractivity contribution in [3.63, 3.8) is 0 Å². The van der Waals surface area contributed by atoms with E-state index in [0.717, 1.165) is 17.8 Å². The van der Waals surface area contributed by atoms with Crippen LogP contribution in [0.15, 0.2) is 12.1 Å². The lowest BCUT2D eigenvalue weighted by atomic mass is 10.2. The third kappa shape index (κ3) is 4.07. The Hall–Kier alpha value is -1.35. The van der Waals surface area contributed by atoms with E-state index < -0.39 is 0 Å². The van der Waals surface area contributed by atoms with Gasteiger partial charge in [0.2, 0.25) is 0 Å². The van der Waals surface area contributed by atoms with Gasteiger partial charge in [-0.2, -0.15) is 0 Å². The van der Waals surface area contributed by atoms with Crippen LogP contribution in [0.2, 0.25) is 0 Å². The second kappa shape index (κ2) is 7.44. The van der Waals surface area contributed by atoms with E-state index in [9.17, 15) is 4.79 Å². The van der Waals surface area contributed by atoms with Crippen LogP contribution < -0.4 is 5.32 Å². The summed E-state index contributed by atoms with van der Waals surface area (Å²) in [6.45, 7) is 1.89. The molecule has 1 aliphatic rings. The van der Waals surface area contributed by atoms with Gasteiger partial charge in [0.05, 0.1) is 16.4 Å². The fourth-order valence-corrected chi connectivity index (χ4v) is 3.06. The fourth-order valence-electron chi connectivity index (χ4n) is 2.27. The van der Waals surface area contributed by atoms with Crippen LogP contribution in [0, 0.1) is 11.8 Å². The molecule has 5 heteroatoms. The fraction of sp³-hybridized carbons (Fsp3) is 0.533. The van der Waals surface area contributed by atoms with Crippen molar-refractivity contribution >= 4 is 17.2 Å². The number of amides is 1. The quantitative estimate of drug-likeness (QED) is 0.823. The Labute approximate surface area is 123 Å². The minimum Gasteiger partial charge on any atom is -0.395 e. The number of thiophene rings is 1. The van der Waals surface area contributed by atoms with E-state index in [1.807, 2.05) is 6.07 Å². The molecule has 0 bridgehead atoms. The molecule has 20 heavy (non-hydrogen) atoms. The number of carbonyl (C=O) groups excluding carboxylic acids is 1. The Morgan fingerprint density at radius 2 is 2.45 bits per heavy atom. The molecule has 2 rings (SSSR count). The van der Waals surface area contributed by atoms with E-state index in [1.54, 1.807) is 6.07 Å². The van der Waals surface area contributed by atoms with Crippen LogP contribution in [0.3, 0.4) is 0 Å². The zero-order valence-electron chi connectivity index (χ0n) is 11.7. The molecule has 1 unspecified atom stereocenters. The van der Waals surface area contributed by atoms with Gasteiger partial charge >= 0.3 is 0 Å². The minimum atomic E-state index is -0.0227. The summed E-state index contributed by atoms with van der Waals surface area (Å²) in [6, 6.07) is 4.12. The predicted octanol–water partition coefficient (Wildman–Crippen LogP) is 1.31. The highest BCUT2D eigenvalue weighted by molar-refractivity contribution is 7.14. The average Bonchev–Trinajstić information content (AvgIpc) is 3.06. The summed E-state index contributed by atoms with van der Waals surface area (Å²) in [5.41, 5.74) is 0. The van der Waals surface area contributed by atoms with Crippen LogP contribution >= 0.6 is 11.3 Å². The first-order valence-corrected chi connectivity index (χ1v) is 7.70. The lowest BCUT2D eigenvalue weighted by Gasteiger charge is -2.19. The van der Waals surface area contributed by atoms with Crippen LogP contribution in [0.25, 0.3) is 0 Å². The standard InChI is InChI=1S/C15H20N2O2S/c1-17-9-4-5-12(17)11-16-15(19)14-8-7-13(20-14)6-2-3-10-18/h7-8,12,18H,3-5,9-11H2,1H3,(H,16,19). The Kier molecular flexibility index (Phi) is 5.60. The molecule has 0 aromatic carbocycles. The van der Waals surface area contributed by atoms with Crippen LogP contribution in [-0.2, 0) is 0 Å². The second-order valence-corrected chi connectivity index (χ2v) is 6.01. The molecule has 0 spiro atoms. The van der Waals surface area contributed by atoms with Crippen molar-refractivity contribution in [3.8, 4) is 11.8 Å². The molecule has 1 aromatic heterocycles. The molecule has 1 amide bonds. The molecule has 0 aliphatic carbocycles. The molecule has 0 saturated carbocycles. The van der Waals surface area contributed by atoms with Gasteiger partial charge in [-0.1, -0.05) is 11.8 Å². The number of hydrogen-bond acceptors (Lipinski definition) is 4. The van der Waals surface area contributed by atoms with Gasteiger partial charge in [-0.3, -0.25) is 4.79 Å². The molecular formula is C15H20N2O2S. The van der Waals surface area contributed by atoms with E-state index in [0.29, 0.717) is 23.9 Å². The summed E-state index contributed by atoms with van der Waals surface area (Å²) in [6.07, 6.45) is 2.83. The molecule has 1 aromatic rings. The van der Waals surface area contributed by atoms with Crippen molar-refractivity contribution in [2.45, 2.75) is 25.3 Å². The van der Waals surface area contributed by atoms with Gasteiger partial charge in [0.1, 0.15) is 0 Å². The second-order valence-electron chi connectivity index (χ2n) is 4.93. The summed E-state index contributed by atoms with van der Waals surface area (Å²) < 4.78 is 0. The van der Waals surface area contributed by atoms with Crippen LogP contribution in [0.1, 0.15) is 33.8 Å². The highest BCUT2D eigenvalue weighted by atomic mass is 32.1. The molecule has 2 heterocycles. The number of aliphatic hydroxyl groups is 1. The number of nitrogens with zero attached hydrogens (tertiary/aromatic N) is 1. The lowest BCUT2D eigenvalue weighted by molar-refractivity contribution is 0.0947. The van der Waals surface area contributed by atoms with Gasteiger partial charge in [0.25, 0.3) is 5.91 Å². The summed E-state index contributed by atoms with van der Waals surface area (Å²) in [5.74, 6) is 5.78. The Morgan fingerprint density at radius 3 is 3.15 bits per heavy atom. The van der Waals surface area contributed by atoms with Crippen LogP contribution in [0.4, 0.5) is 0 Å². The maximum Gasteiger partial charge on any atom is 0.261 e. The van der Waals surface area contributed by atoms with Crippen molar-refractivity contribution < 1.29 is 9.90 Å². The number of carbonyl (C=O) groups is 1. The van der Waals surface area contributed by atoms with Gasteiger partial charge in [0.15, 0.2) is 0 Å². The first kappa shape index (κ1) is 15.0. The molecule has 1 atom stereocenters. The molecular weight excluding hydrogens is 272 g/mol. The van der Waals surface area contributed by atoms with Crippen molar-refractivity contribution in [1.82, 2.24) is 10.2 Å². The van der Waals surface area contributed by atoms with Crippen LogP contribution in [0.5, 0.6) is 0 Å². The molecule has 2 N–H and O–H groups in total. The van der Waals surface area contributed by atoms with Gasteiger partial charge in [-0.15, -0.1) is 11.3 Å². The van der Waals surface area contributed by atoms with E-state index in [1.165, 1.54) is 17.8 Å². The van der Waals surface area contributed by atoms with Crippen molar-refractivity contribution in [2.24, 2.45) is 0 Å². The number of aliphatic hydroxyl groups excluding tert-OH is 1. The first-order chi connectivity index (χ1) is 9.70. The largest absolute Gasteiger partial charge is 0.395 e. The number of likely N-dealkylation sites (N-methyl/N-ethyl adjacent to an activating group) is 1. The van der Waals surface area contributed by atoms with Gasteiger partial charge in [-0.25, -0.2) is 0 Å². The van der Waals surface area contributed by atoms with Crippen molar-refractivity contribution in [2.75, 3.05) is 26.7 Å². The molecule has 1 fully saturated rings. The monoisotopic (exact) mass is 292 g/mol. The summed E-state index contributed by atoms with van der Waals surface area (Å²) in [4.78, 5) is 15.9. The molecule has 4 nitrogen and oxygen atoms in total. The highest BCUT2D eigenvalue weighted by Crippen LogP contribution is 2.16. The third-order valence-electron chi connectivity index (χ3n) is 3.45. The molecule has 1 saturated heterocycles. The smallest absolute Gasteiger partial charge is 0.261 e. The molecule has 108 valence electrons. The third-order valence-corrected chi connectivity index (χ3v) is 4.45. The number of rotatable bonds is 4. The van der Waals surface area contributed by atoms with E-state index >= 15 is 0 Å². The molecule has 0 radical (unpaired) electrons. The van der Waals surface area contributed by atoms with E-state index in [-0.39, 0.29) is 12.5 Å². The average molecular weight is 292 g/mol. The SMILES string of the molecule is CN1CCCC1CNC(=O)c1ccc(C#CCCO)s1. The minimum absolute atomic E-state index is 0.0227. The summed E-state index contributed by atoms with van der Waals surface area (Å²) in [5, 5.41) is 11.7. The maximum absolute atomic E-state index is 12.0. The first-order valence-electron chi connectivity index (χ1n) is 6.88. The van der Waals surface area contributed by atoms with E-state index in [4.69, 9.17) is 5.11 Å². The predicted molar refractivity (Wildman–Crippen MR) is 80.9 cm³/mol. The van der Waals surface area contributed by atoms with Crippen LogP contribution in [-0.4, -0.2) is 48.7 Å². The summed E-state index contributed by atoms with van der Waals surface area (Å²) >= 11 is 1.39. The van der Waals surface area contributed by atoms with Gasteiger partial charge in [0, 0.05) is 19.0 Å². The number of hydrogen-bond donors (Lipinski definition) is 2. The van der Waals surface area contributed by atoms with Crippen molar-refractivity contribution in [1.29, 1.82) is 0 Å². The number of nitrogens with one attached hydrogen (secondary N) is 1. The summed E-state index contributed by atoms with van der Waals surface area (Å²) in [7, 11) is 2.10. The van der Waals surface area contributed by atoms with E-state index in [2.05, 4.69) is 29.1 Å². The maximum atomic E-state index is 12.0. The lowest BCUT2D eigenvalue weighted by Crippen LogP contribution is -2.37. The zero-order chi connectivity index (χ0) is 14.4. The van der Waals surface area contributed by atoms with Gasteiger partial charge in [-0.05, 0) is 38.6 Å². The Morgan fingerprint density at radius 1 is 1.60 bits per heavy atom. The highest BCUT2D eigenvalue weighted by Gasteiger charge is 2.21. The number of likely N-dealkylation sites (tertiary alicyclic amines) is 1. The Bertz CT molecular complexity index is 515. The molecule has 1 aliphatic heterocycles. The zero-order valence-corrected chi connectivity index (χ0v) is 12.5. The van der Waals surface area contributed by atoms with Gasteiger partial charge < -0.3 is 15.3 Å². The topological polar surface area (TPSA) is 52.6 Å². The Balaban J connectivity index is 1.85.